The minimum Gasteiger partial charge on any atom is -0.314 e. The highest BCUT2D eigenvalue weighted by atomic mass is 19.1. The maximum absolute atomic E-state index is 13.1. The molecular formula is C13H19FN2O2. The minimum absolute atomic E-state index is 0.000841. The summed E-state index contributed by atoms with van der Waals surface area (Å²) in [5, 5.41) is 14.1. The smallest absolute Gasteiger partial charge is 0.272 e. The van der Waals surface area contributed by atoms with Crippen LogP contribution in [0.3, 0.4) is 0 Å². The zero-order chi connectivity index (χ0) is 13.5. The monoisotopic (exact) mass is 254 g/mol. The fourth-order valence-corrected chi connectivity index (χ4v) is 1.80. The molecule has 0 heterocycles. The summed E-state index contributed by atoms with van der Waals surface area (Å²) in [6, 6.07) is 3.88. The molecular weight excluding hydrogens is 235 g/mol. The van der Waals surface area contributed by atoms with Crippen LogP contribution >= 0.6 is 0 Å². The molecule has 1 atom stereocenters. The van der Waals surface area contributed by atoms with E-state index in [2.05, 4.69) is 12.2 Å². The topological polar surface area (TPSA) is 55.2 Å². The van der Waals surface area contributed by atoms with E-state index < -0.39 is 10.7 Å². The van der Waals surface area contributed by atoms with Crippen LogP contribution in [0.1, 0.15) is 32.3 Å². The summed E-state index contributed by atoms with van der Waals surface area (Å²) in [5.74, 6) is -0.426. The van der Waals surface area contributed by atoms with E-state index in [1.807, 2.05) is 6.92 Å². The average molecular weight is 254 g/mol. The summed E-state index contributed by atoms with van der Waals surface area (Å²) in [4.78, 5) is 10.4. The maximum Gasteiger partial charge on any atom is 0.272 e. The van der Waals surface area contributed by atoms with Crippen LogP contribution in [0.15, 0.2) is 18.2 Å². The summed E-state index contributed by atoms with van der Waals surface area (Å²) in [5.41, 5.74) is 0.462. The molecule has 0 amide bonds. The first-order chi connectivity index (χ1) is 8.54. The molecule has 0 saturated heterocycles. The van der Waals surface area contributed by atoms with E-state index in [-0.39, 0.29) is 11.7 Å². The van der Waals surface area contributed by atoms with Crippen LogP contribution in [0.2, 0.25) is 0 Å². The lowest BCUT2D eigenvalue weighted by Gasteiger charge is -2.12. The largest absolute Gasteiger partial charge is 0.314 e. The Morgan fingerprint density at radius 1 is 1.50 bits per heavy atom. The van der Waals surface area contributed by atoms with Crippen molar-refractivity contribution in [3.63, 3.8) is 0 Å². The number of nitro benzene ring substituents is 1. The van der Waals surface area contributed by atoms with Gasteiger partial charge in [0.15, 0.2) is 0 Å². The maximum atomic E-state index is 13.1. The first-order valence-electron chi connectivity index (χ1n) is 6.20. The van der Waals surface area contributed by atoms with E-state index in [0.717, 1.165) is 25.5 Å². The van der Waals surface area contributed by atoms with Gasteiger partial charge in [0.25, 0.3) is 5.69 Å². The van der Waals surface area contributed by atoms with Crippen molar-refractivity contribution in [3.8, 4) is 0 Å². The van der Waals surface area contributed by atoms with Crippen molar-refractivity contribution in [1.82, 2.24) is 5.32 Å². The van der Waals surface area contributed by atoms with Gasteiger partial charge >= 0.3 is 0 Å². The van der Waals surface area contributed by atoms with Crippen LogP contribution in [0.4, 0.5) is 10.1 Å². The van der Waals surface area contributed by atoms with Crippen molar-refractivity contribution in [1.29, 1.82) is 0 Å². The summed E-state index contributed by atoms with van der Waals surface area (Å²) < 4.78 is 13.1. The van der Waals surface area contributed by atoms with Gasteiger partial charge in [-0.2, -0.15) is 0 Å². The van der Waals surface area contributed by atoms with Crippen LogP contribution in [-0.2, 0) is 6.42 Å². The van der Waals surface area contributed by atoms with Crippen molar-refractivity contribution >= 4 is 5.69 Å². The number of halogens is 1. The van der Waals surface area contributed by atoms with E-state index in [0.29, 0.717) is 12.0 Å². The molecule has 0 bridgehead atoms. The molecule has 0 aromatic heterocycles. The van der Waals surface area contributed by atoms with Crippen molar-refractivity contribution < 1.29 is 9.31 Å². The molecule has 0 saturated carbocycles. The van der Waals surface area contributed by atoms with Crippen molar-refractivity contribution in [2.45, 2.75) is 39.2 Å². The Kier molecular flexibility index (Phi) is 5.71. The van der Waals surface area contributed by atoms with Crippen LogP contribution in [0, 0.1) is 15.9 Å². The lowest BCUT2D eigenvalue weighted by Crippen LogP contribution is -2.27. The Bertz CT molecular complexity index is 410. The Morgan fingerprint density at radius 3 is 2.83 bits per heavy atom. The number of hydrogen-bond acceptors (Lipinski definition) is 3. The Morgan fingerprint density at radius 2 is 2.22 bits per heavy atom. The van der Waals surface area contributed by atoms with Gasteiger partial charge in [0, 0.05) is 17.7 Å². The molecule has 1 aromatic rings. The number of rotatable bonds is 7. The molecule has 0 aliphatic heterocycles. The fraction of sp³-hybridized carbons (Fsp3) is 0.538. The molecule has 0 aliphatic rings. The third-order valence-electron chi connectivity index (χ3n) is 2.83. The van der Waals surface area contributed by atoms with Crippen molar-refractivity contribution in [2.24, 2.45) is 0 Å². The zero-order valence-corrected chi connectivity index (χ0v) is 10.8. The Hall–Kier alpha value is -1.49. The molecule has 4 nitrogen and oxygen atoms in total. The highest BCUT2D eigenvalue weighted by molar-refractivity contribution is 5.40. The number of benzene rings is 1. The van der Waals surface area contributed by atoms with Gasteiger partial charge in [-0.05, 0) is 44.9 Å². The van der Waals surface area contributed by atoms with Crippen LogP contribution in [-0.4, -0.2) is 17.5 Å². The van der Waals surface area contributed by atoms with E-state index in [1.165, 1.54) is 12.1 Å². The van der Waals surface area contributed by atoms with Gasteiger partial charge in [-0.25, -0.2) is 4.39 Å². The minimum atomic E-state index is -0.459. The fourth-order valence-electron chi connectivity index (χ4n) is 1.80. The van der Waals surface area contributed by atoms with Crippen LogP contribution < -0.4 is 5.32 Å². The lowest BCUT2D eigenvalue weighted by molar-refractivity contribution is -0.385. The van der Waals surface area contributed by atoms with Gasteiger partial charge in [-0.15, -0.1) is 0 Å². The first kappa shape index (κ1) is 14.6. The number of nitrogens with zero attached hydrogens (tertiary/aromatic N) is 1. The van der Waals surface area contributed by atoms with E-state index >= 15 is 0 Å². The molecule has 100 valence electrons. The van der Waals surface area contributed by atoms with Gasteiger partial charge in [-0.3, -0.25) is 10.1 Å². The average Bonchev–Trinajstić information content (AvgIpc) is 2.33. The second-order valence-corrected chi connectivity index (χ2v) is 4.42. The van der Waals surface area contributed by atoms with Crippen LogP contribution in [0.25, 0.3) is 0 Å². The molecule has 18 heavy (non-hydrogen) atoms. The number of hydrogen-bond donors (Lipinski definition) is 1. The Balaban J connectivity index is 2.65. The third-order valence-corrected chi connectivity index (χ3v) is 2.83. The van der Waals surface area contributed by atoms with Gasteiger partial charge in [-0.1, -0.05) is 6.92 Å². The molecule has 1 rings (SSSR count). The summed E-state index contributed by atoms with van der Waals surface area (Å²) >= 11 is 0. The van der Waals surface area contributed by atoms with E-state index in [9.17, 15) is 14.5 Å². The number of aryl methyl sites for hydroxylation is 1. The Labute approximate surface area is 106 Å². The molecule has 0 radical (unpaired) electrons. The normalized spacial score (nSPS) is 12.4. The van der Waals surface area contributed by atoms with Crippen LogP contribution in [0.5, 0.6) is 0 Å². The molecule has 0 spiro atoms. The molecule has 5 heteroatoms. The highest BCUT2D eigenvalue weighted by Gasteiger charge is 2.14. The second kappa shape index (κ2) is 7.06. The van der Waals surface area contributed by atoms with E-state index in [1.54, 1.807) is 0 Å². The standard InChI is InChI=1S/C13H19FN2O2/c1-3-8-15-10(2)4-5-11-9-12(14)6-7-13(11)16(17)18/h6-7,9-10,15H,3-5,8H2,1-2H3. The van der Waals surface area contributed by atoms with Crippen molar-refractivity contribution in [2.75, 3.05) is 6.54 Å². The quantitative estimate of drug-likeness (QED) is 0.601. The molecule has 0 fully saturated rings. The van der Waals surface area contributed by atoms with Gasteiger partial charge in [0.05, 0.1) is 4.92 Å². The predicted octanol–water partition coefficient (Wildman–Crippen LogP) is 3.05. The summed E-state index contributed by atoms with van der Waals surface area (Å²) in [6.07, 6.45) is 2.31. The molecule has 1 N–H and O–H groups in total. The second-order valence-electron chi connectivity index (χ2n) is 4.42. The SMILES string of the molecule is CCCNC(C)CCc1cc(F)ccc1[N+](=O)[O-]. The molecule has 1 aromatic carbocycles. The molecule has 0 aliphatic carbocycles. The predicted molar refractivity (Wildman–Crippen MR) is 69.1 cm³/mol. The highest BCUT2D eigenvalue weighted by Crippen LogP contribution is 2.21. The lowest BCUT2D eigenvalue weighted by atomic mass is 10.0. The summed E-state index contributed by atoms with van der Waals surface area (Å²) in [6.45, 7) is 5.03. The van der Waals surface area contributed by atoms with E-state index in [4.69, 9.17) is 0 Å². The zero-order valence-electron chi connectivity index (χ0n) is 10.8. The first-order valence-corrected chi connectivity index (χ1v) is 6.20. The van der Waals surface area contributed by atoms with Gasteiger partial charge in [0.1, 0.15) is 5.82 Å². The van der Waals surface area contributed by atoms with Gasteiger partial charge < -0.3 is 5.32 Å². The molecule has 1 unspecified atom stereocenters. The number of nitrogens with one attached hydrogen (secondary N) is 1. The number of nitro groups is 1. The third kappa shape index (κ3) is 4.41. The van der Waals surface area contributed by atoms with Crippen molar-refractivity contribution in [3.05, 3.63) is 39.7 Å². The summed E-state index contributed by atoms with van der Waals surface area (Å²) in [7, 11) is 0. The van der Waals surface area contributed by atoms with Gasteiger partial charge in [0.2, 0.25) is 0 Å².